The molecule has 0 radical (unpaired) electrons. The Morgan fingerprint density at radius 3 is 2.92 bits per heavy atom. The van der Waals surface area contributed by atoms with Crippen molar-refractivity contribution >= 4 is 11.9 Å². The van der Waals surface area contributed by atoms with Gasteiger partial charge in [0.1, 0.15) is 12.4 Å². The number of halogens is 1. The standard InChI is InChI=1S/C18H18FNO5/c1-23-16-5-4-12(7-15(16)19)11-25-18(22)13-8-17(21)20(9-13)10-14-3-2-6-24-14/h2-7,13H,8-11H2,1H3/t13-/m1/s1. The van der Waals surface area contributed by atoms with Crippen LogP contribution in [0.3, 0.4) is 0 Å². The predicted molar refractivity (Wildman–Crippen MR) is 85.0 cm³/mol. The number of benzene rings is 1. The van der Waals surface area contributed by atoms with E-state index in [1.54, 1.807) is 23.1 Å². The number of nitrogens with zero attached hydrogens (tertiary/aromatic N) is 1. The highest BCUT2D eigenvalue weighted by atomic mass is 19.1. The molecule has 0 N–H and O–H groups in total. The third kappa shape index (κ3) is 3.99. The Balaban J connectivity index is 1.53. The Morgan fingerprint density at radius 2 is 2.24 bits per heavy atom. The predicted octanol–water partition coefficient (Wildman–Crippen LogP) is 2.52. The van der Waals surface area contributed by atoms with Gasteiger partial charge in [0.05, 0.1) is 25.8 Å². The van der Waals surface area contributed by atoms with Gasteiger partial charge in [0, 0.05) is 13.0 Å². The fourth-order valence-electron chi connectivity index (χ4n) is 2.75. The first kappa shape index (κ1) is 17.0. The molecule has 1 aliphatic heterocycles. The summed E-state index contributed by atoms with van der Waals surface area (Å²) < 4.78 is 28.9. The molecule has 1 fully saturated rings. The summed E-state index contributed by atoms with van der Waals surface area (Å²) >= 11 is 0. The zero-order chi connectivity index (χ0) is 17.8. The van der Waals surface area contributed by atoms with Crippen molar-refractivity contribution in [2.45, 2.75) is 19.6 Å². The average Bonchev–Trinajstić information content (AvgIpc) is 3.23. The third-order valence-electron chi connectivity index (χ3n) is 4.07. The van der Waals surface area contributed by atoms with E-state index in [0.717, 1.165) is 0 Å². The fourth-order valence-corrected chi connectivity index (χ4v) is 2.75. The highest BCUT2D eigenvalue weighted by Gasteiger charge is 2.35. The number of hydrogen-bond donors (Lipinski definition) is 0. The third-order valence-corrected chi connectivity index (χ3v) is 4.07. The van der Waals surface area contributed by atoms with Crippen molar-refractivity contribution < 1.29 is 27.9 Å². The van der Waals surface area contributed by atoms with Gasteiger partial charge in [0.2, 0.25) is 5.91 Å². The molecular weight excluding hydrogens is 329 g/mol. The van der Waals surface area contributed by atoms with Crippen molar-refractivity contribution in [2.24, 2.45) is 5.92 Å². The molecule has 6 nitrogen and oxygen atoms in total. The van der Waals surface area contributed by atoms with Gasteiger partial charge in [-0.25, -0.2) is 4.39 Å². The number of methoxy groups -OCH3 is 1. The number of rotatable bonds is 6. The van der Waals surface area contributed by atoms with Gasteiger partial charge in [0.25, 0.3) is 0 Å². The first-order valence-electron chi connectivity index (χ1n) is 7.86. The number of furan rings is 1. The Labute approximate surface area is 144 Å². The first-order valence-corrected chi connectivity index (χ1v) is 7.86. The molecule has 0 spiro atoms. The lowest BCUT2D eigenvalue weighted by Gasteiger charge is -2.14. The van der Waals surface area contributed by atoms with Crippen molar-refractivity contribution in [3.8, 4) is 5.75 Å². The van der Waals surface area contributed by atoms with Crippen LogP contribution in [0.4, 0.5) is 4.39 Å². The van der Waals surface area contributed by atoms with Gasteiger partial charge < -0.3 is 18.8 Å². The summed E-state index contributed by atoms with van der Waals surface area (Å²) in [6, 6.07) is 7.88. The Morgan fingerprint density at radius 1 is 1.40 bits per heavy atom. The number of ether oxygens (including phenoxy) is 2. The van der Waals surface area contributed by atoms with E-state index in [4.69, 9.17) is 13.9 Å². The molecule has 1 aliphatic rings. The molecule has 1 atom stereocenters. The molecule has 1 amide bonds. The van der Waals surface area contributed by atoms with Crippen molar-refractivity contribution in [1.82, 2.24) is 4.90 Å². The summed E-state index contributed by atoms with van der Waals surface area (Å²) in [5, 5.41) is 0. The van der Waals surface area contributed by atoms with E-state index >= 15 is 0 Å². The summed E-state index contributed by atoms with van der Waals surface area (Å²) in [6.45, 7) is 0.567. The second kappa shape index (κ2) is 7.38. The molecular formula is C18H18FNO5. The van der Waals surface area contributed by atoms with E-state index in [-0.39, 0.29) is 31.2 Å². The van der Waals surface area contributed by atoms with E-state index in [9.17, 15) is 14.0 Å². The molecule has 0 bridgehead atoms. The molecule has 0 unspecified atom stereocenters. The summed E-state index contributed by atoms with van der Waals surface area (Å²) in [6.07, 6.45) is 1.64. The molecule has 7 heteroatoms. The van der Waals surface area contributed by atoms with Crippen molar-refractivity contribution in [3.63, 3.8) is 0 Å². The SMILES string of the molecule is COc1ccc(COC(=O)[C@@H]2CC(=O)N(Cc3ccco3)C2)cc1F. The van der Waals surface area contributed by atoms with Gasteiger partial charge in [-0.15, -0.1) is 0 Å². The lowest BCUT2D eigenvalue weighted by molar-refractivity contribution is -0.149. The molecule has 0 saturated carbocycles. The van der Waals surface area contributed by atoms with Crippen molar-refractivity contribution in [1.29, 1.82) is 0 Å². The maximum absolute atomic E-state index is 13.6. The molecule has 1 aromatic heterocycles. The van der Waals surface area contributed by atoms with Crippen LogP contribution in [0, 0.1) is 11.7 Å². The number of hydrogen-bond acceptors (Lipinski definition) is 5. The molecule has 2 aromatic rings. The van der Waals surface area contributed by atoms with Crippen molar-refractivity contribution in [3.05, 3.63) is 53.7 Å². The Bertz CT molecular complexity index is 759. The van der Waals surface area contributed by atoms with Gasteiger partial charge in [-0.1, -0.05) is 6.07 Å². The highest BCUT2D eigenvalue weighted by molar-refractivity contribution is 5.86. The van der Waals surface area contributed by atoms with Crippen LogP contribution in [-0.4, -0.2) is 30.4 Å². The zero-order valence-electron chi connectivity index (χ0n) is 13.7. The molecule has 25 heavy (non-hydrogen) atoms. The van der Waals surface area contributed by atoms with Crippen LogP contribution in [0.1, 0.15) is 17.7 Å². The van der Waals surface area contributed by atoms with Crippen LogP contribution in [0.15, 0.2) is 41.0 Å². The van der Waals surface area contributed by atoms with E-state index in [1.165, 1.54) is 25.5 Å². The molecule has 1 aromatic carbocycles. The minimum Gasteiger partial charge on any atom is -0.494 e. The molecule has 2 heterocycles. The van der Waals surface area contributed by atoms with Crippen LogP contribution in [0.2, 0.25) is 0 Å². The van der Waals surface area contributed by atoms with Gasteiger partial charge in [-0.05, 0) is 29.8 Å². The quantitative estimate of drug-likeness (QED) is 0.751. The normalized spacial score (nSPS) is 17.0. The van der Waals surface area contributed by atoms with Gasteiger partial charge in [-0.3, -0.25) is 9.59 Å². The molecule has 132 valence electrons. The number of carbonyl (C=O) groups is 2. The molecule has 1 saturated heterocycles. The fraction of sp³-hybridized carbons (Fsp3) is 0.333. The smallest absolute Gasteiger partial charge is 0.311 e. The second-order valence-corrected chi connectivity index (χ2v) is 5.83. The number of carbonyl (C=O) groups excluding carboxylic acids is 2. The van der Waals surface area contributed by atoms with Crippen LogP contribution in [0.5, 0.6) is 5.75 Å². The maximum Gasteiger partial charge on any atom is 0.311 e. The van der Waals surface area contributed by atoms with Crippen LogP contribution >= 0.6 is 0 Å². The van der Waals surface area contributed by atoms with Gasteiger partial charge in [-0.2, -0.15) is 0 Å². The number of amides is 1. The second-order valence-electron chi connectivity index (χ2n) is 5.83. The average molecular weight is 347 g/mol. The zero-order valence-corrected chi connectivity index (χ0v) is 13.7. The summed E-state index contributed by atoms with van der Waals surface area (Å²) in [5.41, 5.74) is 0.517. The lowest BCUT2D eigenvalue weighted by atomic mass is 10.1. The topological polar surface area (TPSA) is 69.0 Å². The molecule has 0 aliphatic carbocycles. The number of likely N-dealkylation sites (tertiary alicyclic amines) is 1. The van der Waals surface area contributed by atoms with E-state index in [0.29, 0.717) is 17.9 Å². The first-order chi connectivity index (χ1) is 12.1. The largest absolute Gasteiger partial charge is 0.494 e. The lowest BCUT2D eigenvalue weighted by Crippen LogP contribution is -2.26. The van der Waals surface area contributed by atoms with Gasteiger partial charge >= 0.3 is 5.97 Å². The van der Waals surface area contributed by atoms with Crippen LogP contribution in [-0.2, 0) is 27.5 Å². The number of esters is 1. The van der Waals surface area contributed by atoms with Gasteiger partial charge in [0.15, 0.2) is 11.6 Å². The minimum atomic E-state index is -0.523. The van der Waals surface area contributed by atoms with Crippen LogP contribution < -0.4 is 4.74 Å². The Kier molecular flexibility index (Phi) is 5.02. The van der Waals surface area contributed by atoms with Crippen molar-refractivity contribution in [2.75, 3.05) is 13.7 Å². The summed E-state index contributed by atoms with van der Waals surface area (Å²) in [7, 11) is 1.38. The monoisotopic (exact) mass is 347 g/mol. The van der Waals surface area contributed by atoms with E-state index < -0.39 is 17.7 Å². The summed E-state index contributed by atoms with van der Waals surface area (Å²) in [5.74, 6) is -0.830. The minimum absolute atomic E-state index is 0.0530. The maximum atomic E-state index is 13.6. The van der Waals surface area contributed by atoms with Crippen LogP contribution in [0.25, 0.3) is 0 Å². The summed E-state index contributed by atoms with van der Waals surface area (Å²) in [4.78, 5) is 25.8. The molecule has 3 rings (SSSR count). The Hall–Kier alpha value is -2.83. The highest BCUT2D eigenvalue weighted by Crippen LogP contribution is 2.23. The van der Waals surface area contributed by atoms with E-state index in [1.807, 2.05) is 0 Å². The van der Waals surface area contributed by atoms with E-state index in [2.05, 4.69) is 0 Å².